The summed E-state index contributed by atoms with van der Waals surface area (Å²) in [6.45, 7) is 0.945. The molecule has 0 bridgehead atoms. The van der Waals surface area contributed by atoms with Crippen LogP contribution in [0, 0.1) is 0 Å². The van der Waals surface area contributed by atoms with Crippen molar-refractivity contribution in [2.45, 2.75) is 24.0 Å². The molecule has 0 radical (unpaired) electrons. The van der Waals surface area contributed by atoms with Crippen molar-refractivity contribution in [3.63, 3.8) is 0 Å². The second kappa shape index (κ2) is 12.3. The van der Waals surface area contributed by atoms with Crippen LogP contribution in [0.4, 0.5) is 0 Å². The molecule has 0 fully saturated rings. The first-order chi connectivity index (χ1) is 14.3. The van der Waals surface area contributed by atoms with Gasteiger partial charge in [0.15, 0.2) is 0 Å². The van der Waals surface area contributed by atoms with E-state index in [4.69, 9.17) is 43.0 Å². The number of aliphatic carboxylic acids is 2. The molecule has 0 saturated carbocycles. The van der Waals surface area contributed by atoms with Crippen molar-refractivity contribution in [1.29, 1.82) is 0 Å². The average molecular weight is 467 g/mol. The van der Waals surface area contributed by atoms with Crippen LogP contribution in [0.2, 0.25) is 10.0 Å². The second-order valence-corrected chi connectivity index (χ2v) is 8.24. The van der Waals surface area contributed by atoms with E-state index in [0.29, 0.717) is 5.25 Å². The van der Waals surface area contributed by atoms with Gasteiger partial charge in [0.2, 0.25) is 0 Å². The summed E-state index contributed by atoms with van der Waals surface area (Å²) >= 11 is 13.9. The number of hydrogen-bond donors (Lipinski definition) is 2. The molecule has 0 aliphatic rings. The number of imidazole rings is 1. The standard InChI is InChI=1S/C19H18Cl2N2S.C2H2O4/c20-17-5-1-15(2-6-17)13-24-19(9-11-23-12-10-22-14-23)16-3-7-18(21)8-4-16;3-1(4)2(5)6/h1-8,10,12,14,19H,9,11,13H2;(H,3,4)(H,5,6). The number of aryl methyl sites for hydroxylation is 1. The number of carbonyl (C=O) groups is 2. The van der Waals surface area contributed by atoms with Crippen LogP contribution in [0.25, 0.3) is 0 Å². The first-order valence-electron chi connectivity index (χ1n) is 8.88. The lowest BCUT2D eigenvalue weighted by atomic mass is 10.1. The van der Waals surface area contributed by atoms with Crippen LogP contribution < -0.4 is 0 Å². The summed E-state index contributed by atoms with van der Waals surface area (Å²) in [5.74, 6) is -2.70. The minimum atomic E-state index is -1.82. The molecule has 3 rings (SSSR count). The summed E-state index contributed by atoms with van der Waals surface area (Å²) in [7, 11) is 0. The lowest BCUT2D eigenvalue weighted by Gasteiger charge is -2.18. The van der Waals surface area contributed by atoms with Gasteiger partial charge >= 0.3 is 11.9 Å². The summed E-state index contributed by atoms with van der Waals surface area (Å²) in [5.41, 5.74) is 2.59. The third kappa shape index (κ3) is 8.49. The van der Waals surface area contributed by atoms with E-state index < -0.39 is 11.9 Å². The fraction of sp³-hybridized carbons (Fsp3) is 0.190. The summed E-state index contributed by atoms with van der Waals surface area (Å²) < 4.78 is 2.12. The Morgan fingerprint density at radius 2 is 1.53 bits per heavy atom. The molecule has 158 valence electrons. The maximum atomic E-state index is 9.10. The number of aromatic nitrogens is 2. The fourth-order valence-electron chi connectivity index (χ4n) is 2.49. The molecule has 0 saturated heterocycles. The van der Waals surface area contributed by atoms with Gasteiger partial charge in [0.05, 0.1) is 6.33 Å². The summed E-state index contributed by atoms with van der Waals surface area (Å²) in [5, 5.41) is 16.7. The van der Waals surface area contributed by atoms with Gasteiger partial charge in [-0.2, -0.15) is 0 Å². The van der Waals surface area contributed by atoms with Crippen molar-refractivity contribution in [3.8, 4) is 0 Å². The molecule has 0 spiro atoms. The van der Waals surface area contributed by atoms with Gasteiger partial charge in [-0.05, 0) is 41.8 Å². The highest BCUT2D eigenvalue weighted by molar-refractivity contribution is 7.98. The number of benzene rings is 2. The number of hydrogen-bond acceptors (Lipinski definition) is 4. The summed E-state index contributed by atoms with van der Waals surface area (Å²) in [6, 6.07) is 16.2. The highest BCUT2D eigenvalue weighted by Gasteiger charge is 2.13. The van der Waals surface area contributed by atoms with Crippen molar-refractivity contribution >= 4 is 46.9 Å². The number of carboxylic acid groups (broad SMARTS) is 2. The topological polar surface area (TPSA) is 92.4 Å². The van der Waals surface area contributed by atoms with Crippen molar-refractivity contribution in [2.24, 2.45) is 0 Å². The number of thioether (sulfide) groups is 1. The summed E-state index contributed by atoms with van der Waals surface area (Å²) in [6.07, 6.45) is 6.72. The largest absolute Gasteiger partial charge is 0.473 e. The van der Waals surface area contributed by atoms with E-state index in [1.165, 1.54) is 11.1 Å². The smallest absolute Gasteiger partial charge is 0.414 e. The minimum absolute atomic E-state index is 0.403. The lowest BCUT2D eigenvalue weighted by Crippen LogP contribution is -2.09. The molecule has 30 heavy (non-hydrogen) atoms. The number of carboxylic acids is 2. The van der Waals surface area contributed by atoms with Crippen LogP contribution in [0.15, 0.2) is 67.3 Å². The Balaban J connectivity index is 0.000000469. The number of rotatable bonds is 7. The molecule has 0 aliphatic carbocycles. The zero-order valence-electron chi connectivity index (χ0n) is 15.8. The van der Waals surface area contributed by atoms with Crippen LogP contribution in [-0.2, 0) is 21.9 Å². The van der Waals surface area contributed by atoms with Gasteiger partial charge in [0.1, 0.15) is 0 Å². The van der Waals surface area contributed by atoms with Gasteiger partial charge in [0.25, 0.3) is 0 Å². The molecule has 0 aliphatic heterocycles. The summed E-state index contributed by atoms with van der Waals surface area (Å²) in [4.78, 5) is 22.3. The highest BCUT2D eigenvalue weighted by Crippen LogP contribution is 2.35. The molecular weight excluding hydrogens is 447 g/mol. The molecule has 1 heterocycles. The zero-order valence-corrected chi connectivity index (χ0v) is 18.1. The molecule has 9 heteroatoms. The Kier molecular flexibility index (Phi) is 9.73. The quantitative estimate of drug-likeness (QED) is 0.452. The van der Waals surface area contributed by atoms with Crippen molar-refractivity contribution in [1.82, 2.24) is 9.55 Å². The first-order valence-corrected chi connectivity index (χ1v) is 10.7. The van der Waals surface area contributed by atoms with Gasteiger partial charge in [-0.3, -0.25) is 0 Å². The molecular formula is C21H20Cl2N2O4S. The zero-order chi connectivity index (χ0) is 21.9. The minimum Gasteiger partial charge on any atom is -0.473 e. The monoisotopic (exact) mass is 466 g/mol. The molecule has 1 aromatic heterocycles. The maximum Gasteiger partial charge on any atom is 0.414 e. The molecule has 0 amide bonds. The van der Waals surface area contributed by atoms with E-state index in [2.05, 4.69) is 33.8 Å². The lowest BCUT2D eigenvalue weighted by molar-refractivity contribution is -0.159. The van der Waals surface area contributed by atoms with Crippen molar-refractivity contribution in [3.05, 3.63) is 88.4 Å². The van der Waals surface area contributed by atoms with Crippen molar-refractivity contribution in [2.75, 3.05) is 0 Å². The van der Waals surface area contributed by atoms with Crippen LogP contribution >= 0.6 is 35.0 Å². The Labute approximate surface area is 188 Å². The predicted molar refractivity (Wildman–Crippen MR) is 119 cm³/mol. The van der Waals surface area contributed by atoms with Gasteiger partial charge in [0, 0.05) is 40.0 Å². The molecule has 2 aromatic carbocycles. The molecule has 6 nitrogen and oxygen atoms in total. The van der Waals surface area contributed by atoms with E-state index in [0.717, 1.165) is 28.8 Å². The van der Waals surface area contributed by atoms with Gasteiger partial charge in [-0.25, -0.2) is 14.6 Å². The SMILES string of the molecule is Clc1ccc(CSC(CCn2ccnc2)c2ccc(Cl)cc2)cc1.O=C(O)C(=O)O. The Bertz CT molecular complexity index is 921. The second-order valence-electron chi connectivity index (χ2n) is 6.18. The first kappa shape index (κ1) is 23.8. The van der Waals surface area contributed by atoms with Gasteiger partial charge in [-0.1, -0.05) is 47.5 Å². The Morgan fingerprint density at radius 1 is 0.967 bits per heavy atom. The third-order valence-electron chi connectivity index (χ3n) is 4.00. The Hall–Kier alpha value is -2.48. The van der Waals surface area contributed by atoms with E-state index in [1.54, 1.807) is 0 Å². The van der Waals surface area contributed by atoms with Crippen LogP contribution in [0.1, 0.15) is 22.8 Å². The van der Waals surface area contributed by atoms with Crippen LogP contribution in [0.3, 0.4) is 0 Å². The predicted octanol–water partition coefficient (Wildman–Crippen LogP) is 5.41. The molecule has 3 aromatic rings. The van der Waals surface area contributed by atoms with E-state index in [-0.39, 0.29) is 0 Å². The molecule has 1 atom stereocenters. The maximum absolute atomic E-state index is 9.10. The van der Waals surface area contributed by atoms with E-state index >= 15 is 0 Å². The molecule has 1 unspecified atom stereocenters. The number of nitrogens with zero attached hydrogens (tertiary/aromatic N) is 2. The normalized spacial score (nSPS) is 11.3. The average Bonchev–Trinajstić information content (AvgIpc) is 3.24. The van der Waals surface area contributed by atoms with E-state index in [1.807, 2.05) is 54.7 Å². The number of halogens is 2. The highest BCUT2D eigenvalue weighted by atomic mass is 35.5. The van der Waals surface area contributed by atoms with Gasteiger partial charge in [-0.15, -0.1) is 11.8 Å². The fourth-order valence-corrected chi connectivity index (χ4v) is 3.95. The van der Waals surface area contributed by atoms with Crippen LogP contribution in [0.5, 0.6) is 0 Å². The van der Waals surface area contributed by atoms with Gasteiger partial charge < -0.3 is 14.8 Å². The van der Waals surface area contributed by atoms with E-state index in [9.17, 15) is 0 Å². The molecule has 2 N–H and O–H groups in total. The van der Waals surface area contributed by atoms with Crippen LogP contribution in [-0.4, -0.2) is 31.7 Å². The third-order valence-corrected chi connectivity index (χ3v) is 5.91. The van der Waals surface area contributed by atoms with Crippen molar-refractivity contribution < 1.29 is 19.8 Å². The Morgan fingerprint density at radius 3 is 2.03 bits per heavy atom.